The van der Waals surface area contributed by atoms with Gasteiger partial charge in [0, 0.05) is 5.02 Å². The highest BCUT2D eigenvalue weighted by atomic mass is 35.5. The summed E-state index contributed by atoms with van der Waals surface area (Å²) in [7, 11) is 0. The minimum absolute atomic E-state index is 0.190. The third kappa shape index (κ3) is 4.06. The highest BCUT2D eigenvalue weighted by Gasteiger charge is 2.31. The van der Waals surface area contributed by atoms with Gasteiger partial charge in [0.1, 0.15) is 0 Å². The molecule has 0 amide bonds. The quantitative estimate of drug-likeness (QED) is 0.343. The lowest BCUT2D eigenvalue weighted by Gasteiger charge is -2.17. The lowest BCUT2D eigenvalue weighted by atomic mass is 9.90. The van der Waals surface area contributed by atoms with Crippen LogP contribution in [0.15, 0.2) is 48.5 Å². The second kappa shape index (κ2) is 8.40. The topological polar surface area (TPSA) is 52.6 Å². The molecule has 0 aliphatic heterocycles. The molecule has 0 saturated heterocycles. The first-order valence-electron chi connectivity index (χ1n) is 8.98. The van der Waals surface area contributed by atoms with E-state index in [1.165, 1.54) is 0 Å². The molecule has 0 saturated carbocycles. The van der Waals surface area contributed by atoms with E-state index in [1.54, 1.807) is 13.8 Å². The number of carbonyl (C=O) groups excluding carboxylic acids is 2. The van der Waals surface area contributed by atoms with Gasteiger partial charge in [-0.3, -0.25) is 9.59 Å². The van der Waals surface area contributed by atoms with Gasteiger partial charge < -0.3 is 9.47 Å². The zero-order chi connectivity index (χ0) is 19.4. The first kappa shape index (κ1) is 19.2. The van der Waals surface area contributed by atoms with Gasteiger partial charge in [0.15, 0.2) is 5.92 Å². The molecule has 3 aromatic rings. The second-order valence-electron chi connectivity index (χ2n) is 6.20. The Morgan fingerprint density at radius 1 is 0.889 bits per heavy atom. The summed E-state index contributed by atoms with van der Waals surface area (Å²) in [5.74, 6) is -2.16. The molecule has 0 aliphatic rings. The van der Waals surface area contributed by atoms with Crippen molar-refractivity contribution in [3.63, 3.8) is 0 Å². The fourth-order valence-electron chi connectivity index (χ4n) is 3.30. The van der Waals surface area contributed by atoms with Gasteiger partial charge in [-0.2, -0.15) is 0 Å². The molecule has 0 bridgehead atoms. The summed E-state index contributed by atoms with van der Waals surface area (Å²) in [5.41, 5.74) is 0.886. The van der Waals surface area contributed by atoms with Crippen molar-refractivity contribution in [1.82, 2.24) is 0 Å². The Morgan fingerprint density at radius 3 is 2.19 bits per heavy atom. The van der Waals surface area contributed by atoms with Crippen LogP contribution in [0.3, 0.4) is 0 Å². The lowest BCUT2D eigenvalue weighted by molar-refractivity contribution is -0.161. The summed E-state index contributed by atoms with van der Waals surface area (Å²) >= 11 is 6.22. The van der Waals surface area contributed by atoms with Crippen molar-refractivity contribution in [2.45, 2.75) is 20.3 Å². The van der Waals surface area contributed by atoms with Crippen LogP contribution in [0, 0.1) is 5.92 Å². The van der Waals surface area contributed by atoms with Crippen molar-refractivity contribution in [1.29, 1.82) is 0 Å². The molecule has 0 fully saturated rings. The molecule has 0 spiro atoms. The average Bonchev–Trinajstić information content (AvgIpc) is 2.65. The molecule has 0 radical (unpaired) electrons. The van der Waals surface area contributed by atoms with E-state index in [1.807, 2.05) is 42.5 Å². The lowest BCUT2D eigenvalue weighted by Crippen LogP contribution is -2.30. The fraction of sp³-hybridized carbons (Fsp3) is 0.273. The minimum Gasteiger partial charge on any atom is -0.465 e. The highest BCUT2D eigenvalue weighted by molar-refractivity contribution is 6.31. The van der Waals surface area contributed by atoms with E-state index in [0.717, 1.165) is 27.1 Å². The Labute approximate surface area is 163 Å². The molecular formula is C22H21ClO4. The van der Waals surface area contributed by atoms with Crippen LogP contribution in [-0.2, 0) is 25.5 Å². The maximum atomic E-state index is 12.5. The van der Waals surface area contributed by atoms with E-state index < -0.39 is 17.9 Å². The van der Waals surface area contributed by atoms with Gasteiger partial charge in [-0.25, -0.2) is 0 Å². The maximum absolute atomic E-state index is 12.5. The maximum Gasteiger partial charge on any atom is 0.320 e. The van der Waals surface area contributed by atoms with Crippen LogP contribution in [-0.4, -0.2) is 25.2 Å². The molecule has 3 rings (SSSR count). The molecule has 0 atom stereocenters. The van der Waals surface area contributed by atoms with E-state index in [2.05, 4.69) is 6.07 Å². The van der Waals surface area contributed by atoms with Crippen molar-refractivity contribution in [3.05, 3.63) is 59.1 Å². The number of fused-ring (bicyclic) bond motifs is 2. The van der Waals surface area contributed by atoms with Crippen LogP contribution in [0.4, 0.5) is 0 Å². The van der Waals surface area contributed by atoms with Crippen LogP contribution >= 0.6 is 11.6 Å². The first-order chi connectivity index (χ1) is 13.0. The van der Waals surface area contributed by atoms with E-state index in [4.69, 9.17) is 21.1 Å². The number of esters is 2. The van der Waals surface area contributed by atoms with E-state index in [9.17, 15) is 9.59 Å². The molecule has 27 heavy (non-hydrogen) atoms. The molecule has 3 aromatic carbocycles. The summed E-state index contributed by atoms with van der Waals surface area (Å²) in [6.07, 6.45) is 0.190. The van der Waals surface area contributed by atoms with Crippen LogP contribution in [0.2, 0.25) is 5.02 Å². The van der Waals surface area contributed by atoms with Gasteiger partial charge >= 0.3 is 11.9 Å². The molecule has 4 nitrogen and oxygen atoms in total. The van der Waals surface area contributed by atoms with Crippen molar-refractivity contribution in [3.8, 4) is 0 Å². The van der Waals surface area contributed by atoms with E-state index in [-0.39, 0.29) is 19.6 Å². The van der Waals surface area contributed by atoms with Gasteiger partial charge in [0.2, 0.25) is 0 Å². The van der Waals surface area contributed by atoms with Crippen LogP contribution in [0.5, 0.6) is 0 Å². The number of carbonyl (C=O) groups is 2. The molecule has 0 aliphatic carbocycles. The largest absolute Gasteiger partial charge is 0.465 e. The summed E-state index contributed by atoms with van der Waals surface area (Å²) < 4.78 is 10.3. The van der Waals surface area contributed by atoms with Gasteiger partial charge in [-0.1, -0.05) is 41.9 Å². The molecule has 5 heteroatoms. The number of benzene rings is 3. The summed E-state index contributed by atoms with van der Waals surface area (Å²) in [5, 5.41) is 4.53. The summed E-state index contributed by atoms with van der Waals surface area (Å²) in [4.78, 5) is 24.9. The number of rotatable bonds is 6. The monoisotopic (exact) mass is 384 g/mol. The van der Waals surface area contributed by atoms with E-state index in [0.29, 0.717) is 5.02 Å². The molecule has 0 unspecified atom stereocenters. The Hall–Kier alpha value is -2.59. The normalized spacial score (nSPS) is 11.1. The van der Waals surface area contributed by atoms with E-state index >= 15 is 0 Å². The van der Waals surface area contributed by atoms with Crippen molar-refractivity contribution in [2.24, 2.45) is 5.92 Å². The van der Waals surface area contributed by atoms with Crippen molar-refractivity contribution in [2.75, 3.05) is 13.2 Å². The Kier molecular flexibility index (Phi) is 5.97. The minimum atomic E-state index is -1.02. The Morgan fingerprint density at radius 2 is 1.52 bits per heavy atom. The molecular weight excluding hydrogens is 364 g/mol. The zero-order valence-corrected chi connectivity index (χ0v) is 16.1. The molecule has 0 aromatic heterocycles. The molecule has 0 N–H and O–H groups in total. The fourth-order valence-corrected chi connectivity index (χ4v) is 3.47. The predicted octanol–water partition coefficient (Wildman–Crippen LogP) is 4.93. The van der Waals surface area contributed by atoms with Gasteiger partial charge in [0.25, 0.3) is 0 Å². The molecule has 0 heterocycles. The van der Waals surface area contributed by atoms with Crippen molar-refractivity contribution < 1.29 is 19.1 Å². The second-order valence-corrected chi connectivity index (χ2v) is 6.64. The average molecular weight is 385 g/mol. The van der Waals surface area contributed by atoms with Gasteiger partial charge in [-0.15, -0.1) is 0 Å². The predicted molar refractivity (Wildman–Crippen MR) is 107 cm³/mol. The number of ether oxygens (including phenoxy) is 2. The summed E-state index contributed by atoms with van der Waals surface area (Å²) in [6.45, 7) is 3.84. The third-order valence-electron chi connectivity index (χ3n) is 4.49. The number of hydrogen-bond acceptors (Lipinski definition) is 4. The Balaban J connectivity index is 2.18. The third-order valence-corrected chi connectivity index (χ3v) is 4.72. The van der Waals surface area contributed by atoms with Gasteiger partial charge in [-0.05, 0) is 65.6 Å². The van der Waals surface area contributed by atoms with Crippen LogP contribution in [0.25, 0.3) is 21.5 Å². The molecule has 140 valence electrons. The number of halogens is 1. The first-order valence-corrected chi connectivity index (χ1v) is 9.36. The smallest absolute Gasteiger partial charge is 0.320 e. The van der Waals surface area contributed by atoms with Crippen molar-refractivity contribution >= 4 is 45.1 Å². The zero-order valence-electron chi connectivity index (χ0n) is 15.3. The standard InChI is InChI=1S/C22H21ClO4/c1-3-26-21(24)20(22(25)27-4-2)13-19-17-8-6-5-7-14(17)11-15-9-10-16(23)12-18(15)19/h5-12,20H,3-4,13H2,1-2H3. The Bertz CT molecular complexity index is 978. The van der Waals surface area contributed by atoms with Gasteiger partial charge in [0.05, 0.1) is 13.2 Å². The van der Waals surface area contributed by atoms with Crippen LogP contribution in [0.1, 0.15) is 19.4 Å². The summed E-state index contributed by atoms with van der Waals surface area (Å²) in [6, 6.07) is 15.6. The number of hydrogen-bond donors (Lipinski definition) is 0. The SMILES string of the molecule is CCOC(=O)C(Cc1c2ccccc2cc2ccc(Cl)cc12)C(=O)OCC. The van der Waals surface area contributed by atoms with Crippen LogP contribution < -0.4 is 0 Å². The highest BCUT2D eigenvalue weighted by Crippen LogP contribution is 2.32.